The Hall–Kier alpha value is -0.980. The van der Waals surface area contributed by atoms with E-state index in [0.29, 0.717) is 17.6 Å². The molecule has 0 bridgehead atoms. The maximum Gasteiger partial charge on any atom is 0.283 e. The second-order valence-electron chi connectivity index (χ2n) is 6.09. The molecule has 0 radical (unpaired) electrons. The summed E-state index contributed by atoms with van der Waals surface area (Å²) in [6, 6.07) is 5.17. The van der Waals surface area contributed by atoms with Crippen LogP contribution in [0.2, 0.25) is 0 Å². The van der Waals surface area contributed by atoms with E-state index in [4.69, 9.17) is 5.73 Å². The highest BCUT2D eigenvalue weighted by Crippen LogP contribution is 2.29. The van der Waals surface area contributed by atoms with Gasteiger partial charge in [-0.05, 0) is 46.4 Å². The van der Waals surface area contributed by atoms with E-state index < -0.39 is 0 Å². The first-order valence-electron chi connectivity index (χ1n) is 7.15. The quantitative estimate of drug-likeness (QED) is 0.570. The van der Waals surface area contributed by atoms with Gasteiger partial charge in [0.05, 0.1) is 9.40 Å². The molecule has 21 heavy (non-hydrogen) atoms. The standard InChI is InChI=1S/C15H24BrN3O2/c1-4-8-18(11-15(2,3)10-17)9-12-6-5-7-13(14(12)16)19(20)21/h5-7H,4,8-11,17H2,1-3H3. The molecule has 0 aliphatic rings. The van der Waals surface area contributed by atoms with Crippen molar-refractivity contribution in [3.05, 3.63) is 38.3 Å². The van der Waals surface area contributed by atoms with Crippen LogP contribution in [0.25, 0.3) is 0 Å². The average Bonchev–Trinajstić information content (AvgIpc) is 2.40. The van der Waals surface area contributed by atoms with Crippen LogP contribution in [0.15, 0.2) is 22.7 Å². The van der Waals surface area contributed by atoms with E-state index >= 15 is 0 Å². The second kappa shape index (κ2) is 7.87. The van der Waals surface area contributed by atoms with Crippen LogP contribution in [0, 0.1) is 15.5 Å². The first kappa shape index (κ1) is 18.1. The van der Waals surface area contributed by atoms with Crippen LogP contribution < -0.4 is 5.73 Å². The Morgan fingerprint density at radius 2 is 2.10 bits per heavy atom. The topological polar surface area (TPSA) is 72.4 Å². The molecule has 1 aromatic rings. The molecule has 5 nitrogen and oxygen atoms in total. The molecule has 2 N–H and O–H groups in total. The average molecular weight is 358 g/mol. The van der Waals surface area contributed by atoms with Crippen molar-refractivity contribution in [3.63, 3.8) is 0 Å². The largest absolute Gasteiger partial charge is 0.330 e. The van der Waals surface area contributed by atoms with Crippen LogP contribution in [-0.2, 0) is 6.54 Å². The molecule has 0 spiro atoms. The zero-order valence-electron chi connectivity index (χ0n) is 12.9. The lowest BCUT2D eigenvalue weighted by atomic mass is 9.93. The number of halogens is 1. The fourth-order valence-corrected chi connectivity index (χ4v) is 2.80. The van der Waals surface area contributed by atoms with E-state index in [2.05, 4.69) is 41.6 Å². The minimum Gasteiger partial charge on any atom is -0.330 e. The Morgan fingerprint density at radius 3 is 2.62 bits per heavy atom. The van der Waals surface area contributed by atoms with Crippen molar-refractivity contribution in [1.82, 2.24) is 4.90 Å². The van der Waals surface area contributed by atoms with Crippen molar-refractivity contribution in [2.75, 3.05) is 19.6 Å². The summed E-state index contributed by atoms with van der Waals surface area (Å²) in [6.07, 6.45) is 1.03. The van der Waals surface area contributed by atoms with Crippen LogP contribution in [-0.4, -0.2) is 29.5 Å². The monoisotopic (exact) mass is 357 g/mol. The fraction of sp³-hybridized carbons (Fsp3) is 0.600. The molecule has 0 aliphatic carbocycles. The summed E-state index contributed by atoms with van der Waals surface area (Å²) in [4.78, 5) is 12.9. The summed E-state index contributed by atoms with van der Waals surface area (Å²) in [6.45, 7) is 9.51. The van der Waals surface area contributed by atoms with Crippen molar-refractivity contribution in [3.8, 4) is 0 Å². The van der Waals surface area contributed by atoms with Gasteiger partial charge in [-0.15, -0.1) is 0 Å². The van der Waals surface area contributed by atoms with Gasteiger partial charge in [-0.1, -0.05) is 32.9 Å². The Morgan fingerprint density at radius 1 is 1.43 bits per heavy atom. The molecule has 0 unspecified atom stereocenters. The molecule has 0 amide bonds. The maximum absolute atomic E-state index is 11.0. The van der Waals surface area contributed by atoms with E-state index in [1.54, 1.807) is 6.07 Å². The number of benzene rings is 1. The molecule has 0 aromatic heterocycles. The normalized spacial score (nSPS) is 11.9. The smallest absolute Gasteiger partial charge is 0.283 e. The summed E-state index contributed by atoms with van der Waals surface area (Å²) in [7, 11) is 0. The van der Waals surface area contributed by atoms with Gasteiger partial charge < -0.3 is 5.73 Å². The van der Waals surface area contributed by atoms with Gasteiger partial charge in [-0.25, -0.2) is 0 Å². The minimum atomic E-state index is -0.360. The van der Waals surface area contributed by atoms with Gasteiger partial charge in [0, 0.05) is 19.2 Å². The number of nitrogens with two attached hydrogens (primary N) is 1. The zero-order chi connectivity index (χ0) is 16.0. The van der Waals surface area contributed by atoms with E-state index in [1.807, 2.05) is 6.07 Å². The van der Waals surface area contributed by atoms with E-state index in [9.17, 15) is 10.1 Å². The van der Waals surface area contributed by atoms with Crippen LogP contribution >= 0.6 is 15.9 Å². The molecular weight excluding hydrogens is 334 g/mol. The lowest BCUT2D eigenvalue weighted by Gasteiger charge is -2.31. The number of hydrogen-bond acceptors (Lipinski definition) is 4. The van der Waals surface area contributed by atoms with Crippen molar-refractivity contribution < 1.29 is 4.92 Å². The van der Waals surface area contributed by atoms with Crippen molar-refractivity contribution in [2.45, 2.75) is 33.7 Å². The summed E-state index contributed by atoms with van der Waals surface area (Å²) in [5.74, 6) is 0. The predicted octanol–water partition coefficient (Wildman–Crippen LogP) is 3.55. The molecule has 0 saturated carbocycles. The van der Waals surface area contributed by atoms with Crippen molar-refractivity contribution >= 4 is 21.6 Å². The van der Waals surface area contributed by atoms with Gasteiger partial charge in [-0.3, -0.25) is 15.0 Å². The Bertz CT molecular complexity index is 492. The van der Waals surface area contributed by atoms with Gasteiger partial charge in [0.2, 0.25) is 0 Å². The molecule has 6 heteroatoms. The van der Waals surface area contributed by atoms with Crippen LogP contribution in [0.4, 0.5) is 5.69 Å². The highest BCUT2D eigenvalue weighted by Gasteiger charge is 2.22. The Labute approximate surface area is 134 Å². The van der Waals surface area contributed by atoms with Crippen LogP contribution in [0.1, 0.15) is 32.8 Å². The number of nitro benzene ring substituents is 1. The third-order valence-electron chi connectivity index (χ3n) is 3.39. The van der Waals surface area contributed by atoms with Gasteiger partial charge in [-0.2, -0.15) is 0 Å². The van der Waals surface area contributed by atoms with Crippen molar-refractivity contribution in [1.29, 1.82) is 0 Å². The third kappa shape index (κ3) is 5.37. The molecular formula is C15H24BrN3O2. The summed E-state index contributed by atoms with van der Waals surface area (Å²) >= 11 is 3.37. The van der Waals surface area contributed by atoms with Gasteiger partial charge in [0.1, 0.15) is 0 Å². The number of hydrogen-bond donors (Lipinski definition) is 1. The molecule has 0 aliphatic heterocycles. The molecule has 0 heterocycles. The molecule has 118 valence electrons. The first-order chi connectivity index (χ1) is 9.80. The van der Waals surface area contributed by atoms with Crippen LogP contribution in [0.3, 0.4) is 0 Å². The highest BCUT2D eigenvalue weighted by molar-refractivity contribution is 9.10. The lowest BCUT2D eigenvalue weighted by Crippen LogP contribution is -2.38. The van der Waals surface area contributed by atoms with E-state index in [1.165, 1.54) is 6.07 Å². The highest BCUT2D eigenvalue weighted by atomic mass is 79.9. The molecule has 1 aromatic carbocycles. The van der Waals surface area contributed by atoms with Gasteiger partial charge >= 0.3 is 0 Å². The SMILES string of the molecule is CCCN(Cc1cccc([N+](=O)[O-])c1Br)CC(C)(C)CN. The van der Waals surface area contributed by atoms with E-state index in [0.717, 1.165) is 25.1 Å². The first-order valence-corrected chi connectivity index (χ1v) is 7.94. The third-order valence-corrected chi connectivity index (χ3v) is 4.31. The zero-order valence-corrected chi connectivity index (χ0v) is 14.5. The van der Waals surface area contributed by atoms with Gasteiger partial charge in [0.15, 0.2) is 0 Å². The number of nitro groups is 1. The predicted molar refractivity (Wildman–Crippen MR) is 89.2 cm³/mol. The fourth-order valence-electron chi connectivity index (χ4n) is 2.27. The lowest BCUT2D eigenvalue weighted by molar-refractivity contribution is -0.385. The summed E-state index contributed by atoms with van der Waals surface area (Å²) in [5, 5.41) is 11.0. The van der Waals surface area contributed by atoms with Crippen molar-refractivity contribution in [2.24, 2.45) is 11.1 Å². The molecule has 0 saturated heterocycles. The summed E-state index contributed by atoms with van der Waals surface area (Å²) in [5.41, 5.74) is 6.89. The number of rotatable bonds is 8. The maximum atomic E-state index is 11.0. The Balaban J connectivity index is 2.94. The second-order valence-corrected chi connectivity index (χ2v) is 6.88. The molecule has 0 atom stereocenters. The number of nitrogens with zero attached hydrogens (tertiary/aromatic N) is 2. The Kier molecular flexibility index (Phi) is 6.77. The van der Waals surface area contributed by atoms with E-state index in [-0.39, 0.29) is 16.0 Å². The molecule has 0 fully saturated rings. The minimum absolute atomic E-state index is 0.0301. The summed E-state index contributed by atoms with van der Waals surface area (Å²) < 4.78 is 0.571. The van der Waals surface area contributed by atoms with Gasteiger partial charge in [0.25, 0.3) is 5.69 Å². The van der Waals surface area contributed by atoms with Crippen LogP contribution in [0.5, 0.6) is 0 Å². The molecule has 1 rings (SSSR count).